The summed E-state index contributed by atoms with van der Waals surface area (Å²) in [5.74, 6) is -0.492. The van der Waals surface area contributed by atoms with Crippen molar-refractivity contribution in [3.05, 3.63) is 35.1 Å². The minimum absolute atomic E-state index is 0.0847. The summed E-state index contributed by atoms with van der Waals surface area (Å²) in [4.78, 5) is 18.6. The van der Waals surface area contributed by atoms with E-state index >= 15 is 0 Å². The van der Waals surface area contributed by atoms with Gasteiger partial charge in [-0.15, -0.1) is 10.1 Å². The quantitative estimate of drug-likeness (QED) is 0.220. The summed E-state index contributed by atoms with van der Waals surface area (Å²) in [5.41, 5.74) is 0. The van der Waals surface area contributed by atoms with Crippen LogP contribution in [-0.4, -0.2) is 28.0 Å². The molecule has 0 radical (unpaired) electrons. The second kappa shape index (κ2) is 9.95. The lowest BCUT2D eigenvalue weighted by Gasteiger charge is -1.92. The Hall–Kier alpha value is -2.05. The zero-order chi connectivity index (χ0) is 10.7. The Morgan fingerprint density at radius 3 is 2.46 bits per heavy atom. The Morgan fingerprint density at radius 2 is 2.15 bits per heavy atom. The van der Waals surface area contributed by atoms with Gasteiger partial charge >= 0.3 is 5.97 Å². The van der Waals surface area contributed by atoms with Gasteiger partial charge in [0, 0.05) is 6.08 Å². The van der Waals surface area contributed by atoms with Crippen LogP contribution in [0.1, 0.15) is 0 Å². The zero-order valence-electron chi connectivity index (χ0n) is 6.62. The van der Waals surface area contributed by atoms with Gasteiger partial charge in [0.25, 0.3) is 5.09 Å². The van der Waals surface area contributed by atoms with Gasteiger partial charge in [-0.25, -0.2) is 4.79 Å². The first-order valence-corrected chi connectivity index (χ1v) is 2.96. The van der Waals surface area contributed by atoms with Crippen LogP contribution in [0, 0.1) is 10.1 Å². The van der Waals surface area contributed by atoms with E-state index in [9.17, 15) is 4.79 Å². The molecule has 0 aromatic rings. The topological polar surface area (TPSA) is 110 Å². The summed E-state index contributed by atoms with van der Waals surface area (Å²) < 4.78 is 4.43. The Balaban J connectivity index is 0. The average Bonchev–Trinajstić information content (AvgIpc) is 2.03. The molecule has 0 bridgehead atoms. The van der Waals surface area contributed by atoms with Gasteiger partial charge in [0.05, 0.1) is 6.26 Å². The Bertz CT molecular complexity index is 195. The first-order chi connectivity index (χ1) is 6.04. The largest absolute Gasteiger partial charge is 0.516 e. The first-order valence-electron chi connectivity index (χ1n) is 2.96. The maximum absolute atomic E-state index is 10.2. The lowest BCUT2D eigenvalue weighted by atomic mass is 10.6. The van der Waals surface area contributed by atoms with Crippen LogP contribution in [-0.2, 0) is 9.53 Å². The van der Waals surface area contributed by atoms with Crippen LogP contribution in [0.15, 0.2) is 25.0 Å². The van der Waals surface area contributed by atoms with Crippen LogP contribution in [0.3, 0.4) is 0 Å². The zero-order valence-corrected chi connectivity index (χ0v) is 6.62. The van der Waals surface area contributed by atoms with Crippen molar-refractivity contribution in [1.82, 2.24) is 0 Å². The highest BCUT2D eigenvalue weighted by molar-refractivity contribution is 5.81. The molecule has 2 N–H and O–H groups in total. The van der Waals surface area contributed by atoms with Crippen LogP contribution < -0.4 is 0 Å². The normalized spacial score (nSPS) is 8.31. The smallest absolute Gasteiger partial charge is 0.330 e. The molecule has 0 fully saturated rings. The van der Waals surface area contributed by atoms with Gasteiger partial charge in [-0.05, 0) is 6.08 Å². The number of aliphatic hydroxyl groups is 1. The van der Waals surface area contributed by atoms with Crippen molar-refractivity contribution < 1.29 is 24.9 Å². The van der Waals surface area contributed by atoms with Crippen molar-refractivity contribution in [2.24, 2.45) is 0 Å². The molecule has 7 nitrogen and oxygen atoms in total. The number of carbonyl (C=O) groups is 1. The number of carbonyl (C=O) groups excluding carboxylic acids is 1. The predicted molar refractivity (Wildman–Crippen MR) is 41.7 cm³/mol. The molecule has 0 spiro atoms. The van der Waals surface area contributed by atoms with E-state index in [1.54, 1.807) is 0 Å². The van der Waals surface area contributed by atoms with E-state index < -0.39 is 11.1 Å². The van der Waals surface area contributed by atoms with Crippen molar-refractivity contribution in [1.29, 1.82) is 0 Å². The third-order valence-electron chi connectivity index (χ3n) is 0.594. The lowest BCUT2D eigenvalue weighted by molar-refractivity contribution is -0.742. The summed E-state index contributed by atoms with van der Waals surface area (Å²) >= 11 is 0. The standard InChI is InChI=1S/C6H8O3.HNO3/c1-2-6(8)9-5-3-4-7;2-1(3)4/h2-4,7H,1,5H2;(H,2,3,4). The molecule has 0 saturated heterocycles. The fraction of sp³-hybridized carbons (Fsp3) is 0.167. The third-order valence-corrected chi connectivity index (χ3v) is 0.594. The maximum Gasteiger partial charge on any atom is 0.330 e. The van der Waals surface area contributed by atoms with Gasteiger partial charge in [0.2, 0.25) is 0 Å². The number of hydrogen-bond donors (Lipinski definition) is 2. The number of ether oxygens (including phenoxy) is 1. The molecule has 0 atom stereocenters. The van der Waals surface area contributed by atoms with Gasteiger partial charge in [-0.1, -0.05) is 6.58 Å². The maximum atomic E-state index is 10.2. The molecule has 0 unspecified atom stereocenters. The molecule has 0 aliphatic heterocycles. The minimum atomic E-state index is -1.50. The highest BCUT2D eigenvalue weighted by Gasteiger charge is 1.88. The summed E-state index contributed by atoms with van der Waals surface area (Å²) in [6.07, 6.45) is 3.18. The summed E-state index contributed by atoms with van der Waals surface area (Å²) in [6, 6.07) is 0. The van der Waals surface area contributed by atoms with Gasteiger partial charge in [-0.3, -0.25) is 0 Å². The molecule has 13 heavy (non-hydrogen) atoms. The van der Waals surface area contributed by atoms with Crippen LogP contribution in [0.25, 0.3) is 0 Å². The fourth-order valence-electron chi connectivity index (χ4n) is 0.232. The van der Waals surface area contributed by atoms with Gasteiger partial charge < -0.3 is 15.1 Å². The van der Waals surface area contributed by atoms with E-state index in [0.29, 0.717) is 0 Å². The van der Waals surface area contributed by atoms with Crippen LogP contribution >= 0.6 is 0 Å². The van der Waals surface area contributed by atoms with Crippen molar-refractivity contribution in [2.75, 3.05) is 6.61 Å². The highest BCUT2D eigenvalue weighted by atomic mass is 16.9. The van der Waals surface area contributed by atoms with E-state index in [0.717, 1.165) is 12.3 Å². The molecular formula is C6H9NO6. The fourth-order valence-corrected chi connectivity index (χ4v) is 0.232. The number of aliphatic hydroxyl groups excluding tert-OH is 1. The molecule has 0 aromatic heterocycles. The van der Waals surface area contributed by atoms with Gasteiger partial charge in [0.15, 0.2) is 0 Å². The van der Waals surface area contributed by atoms with Gasteiger partial charge in [0.1, 0.15) is 6.61 Å². The van der Waals surface area contributed by atoms with Crippen LogP contribution in [0.5, 0.6) is 0 Å². The molecule has 0 aromatic carbocycles. The third kappa shape index (κ3) is 25.7. The molecule has 0 heterocycles. The molecule has 74 valence electrons. The van der Waals surface area contributed by atoms with Crippen molar-refractivity contribution in [3.8, 4) is 0 Å². The summed E-state index contributed by atoms with van der Waals surface area (Å²) in [5, 5.41) is 21.7. The number of rotatable bonds is 3. The number of hydrogen-bond acceptors (Lipinski definition) is 5. The van der Waals surface area contributed by atoms with E-state index in [4.69, 9.17) is 20.4 Å². The molecule has 0 saturated carbocycles. The summed E-state index contributed by atoms with van der Waals surface area (Å²) in [6.45, 7) is 3.26. The second-order valence-electron chi connectivity index (χ2n) is 1.46. The van der Waals surface area contributed by atoms with Crippen molar-refractivity contribution >= 4 is 5.97 Å². The molecular weight excluding hydrogens is 182 g/mol. The summed E-state index contributed by atoms with van der Waals surface area (Å²) in [7, 11) is 0. The second-order valence-corrected chi connectivity index (χ2v) is 1.46. The predicted octanol–water partition coefficient (Wildman–Crippen LogP) is 0.440. The first kappa shape index (κ1) is 13.5. The molecule has 7 heteroatoms. The van der Waals surface area contributed by atoms with Crippen LogP contribution in [0.4, 0.5) is 0 Å². The van der Waals surface area contributed by atoms with Gasteiger partial charge in [-0.2, -0.15) is 0 Å². The van der Waals surface area contributed by atoms with Crippen molar-refractivity contribution in [3.63, 3.8) is 0 Å². The van der Waals surface area contributed by atoms with E-state index in [2.05, 4.69) is 11.3 Å². The monoisotopic (exact) mass is 191 g/mol. The minimum Gasteiger partial charge on any atom is -0.516 e. The lowest BCUT2D eigenvalue weighted by Crippen LogP contribution is -1.98. The Kier molecular flexibility index (Phi) is 10.4. The number of esters is 1. The molecule has 0 aliphatic rings. The van der Waals surface area contributed by atoms with E-state index in [1.807, 2.05) is 0 Å². The highest BCUT2D eigenvalue weighted by Crippen LogP contribution is 1.78. The number of nitrogens with zero attached hydrogens (tertiary/aromatic N) is 1. The molecule has 0 aliphatic carbocycles. The van der Waals surface area contributed by atoms with E-state index in [1.165, 1.54) is 6.08 Å². The Labute approximate surface area is 73.7 Å². The molecule has 0 rings (SSSR count). The van der Waals surface area contributed by atoms with Crippen molar-refractivity contribution in [2.45, 2.75) is 0 Å². The molecule has 0 amide bonds. The SMILES string of the molecule is C=CC(=O)OCC=CO.O=[N+]([O-])O. The average molecular weight is 191 g/mol. The Morgan fingerprint density at radius 1 is 1.69 bits per heavy atom. The van der Waals surface area contributed by atoms with Crippen LogP contribution in [0.2, 0.25) is 0 Å². The van der Waals surface area contributed by atoms with E-state index in [-0.39, 0.29) is 6.61 Å².